The van der Waals surface area contributed by atoms with Crippen LogP contribution in [0, 0.1) is 116 Å². The van der Waals surface area contributed by atoms with Crippen LogP contribution < -0.4 is 21.9 Å². The molecule has 22 heteroatoms. The molecule has 0 unspecified atom stereocenters. The molecule has 1 radical (unpaired) electrons. The minimum atomic E-state index is -7.22. The van der Waals surface area contributed by atoms with Crippen molar-refractivity contribution >= 4 is 46.9 Å². The summed E-state index contributed by atoms with van der Waals surface area (Å²) in [6.45, 7) is 0. The van der Waals surface area contributed by atoms with Crippen molar-refractivity contribution in [3.05, 3.63) is 116 Å². The van der Waals surface area contributed by atoms with E-state index in [1.54, 1.807) is 0 Å². The molecule has 0 aliphatic carbocycles. The first-order valence-electron chi connectivity index (χ1n) is 10.9. The van der Waals surface area contributed by atoms with Gasteiger partial charge in [-0.05, 0) is 0 Å². The smallest absolute Gasteiger partial charge is 0.207 e. The molecule has 0 aliphatic heterocycles. The Kier molecular flexibility index (Phi) is 9.60. The Bertz CT molecular complexity index is 1580. The van der Waals surface area contributed by atoms with Gasteiger partial charge in [-0.3, -0.25) is 0 Å². The number of benzene rings is 4. The van der Waals surface area contributed by atoms with Crippen molar-refractivity contribution < 1.29 is 89.2 Å². The summed E-state index contributed by atoms with van der Waals surface area (Å²) in [5.41, 5.74) is -14.3. The van der Waals surface area contributed by atoms with E-state index < -0.39 is 144 Å². The van der Waals surface area contributed by atoms with E-state index in [0.29, 0.717) is 0 Å². The molecule has 0 aromatic heterocycles. The molecule has 0 amide bonds. The fourth-order valence-corrected chi connectivity index (χ4v) is 4.87. The SMILES string of the molecule is Fc1c(F)c(F)c([B-](c2c(F)c(F)c(F)c(F)c2F)(c2c(F)c(F)c(F)c(F)c2F)c2c(F)c(F)c(F)c(F)c2F)c(F)c1F.[H+].[Li]. The van der Waals surface area contributed by atoms with Gasteiger partial charge in [0.05, 0.1) is 0 Å². The first-order chi connectivity index (χ1) is 20.7. The average molecular weight is 687 g/mol. The van der Waals surface area contributed by atoms with E-state index in [1.807, 2.05) is 0 Å². The van der Waals surface area contributed by atoms with E-state index in [1.165, 1.54) is 0 Å². The second-order valence-corrected chi connectivity index (χ2v) is 8.80. The van der Waals surface area contributed by atoms with Crippen LogP contribution >= 0.6 is 0 Å². The van der Waals surface area contributed by atoms with E-state index in [-0.39, 0.29) is 20.3 Å². The molecule has 0 nitrogen and oxygen atoms in total. The predicted octanol–water partition coefficient (Wildman–Crippen LogP) is 5.58. The van der Waals surface area contributed by atoms with Crippen LogP contribution in [0.15, 0.2) is 0 Å². The molecule has 4 rings (SSSR count). The quantitative estimate of drug-likeness (QED) is 0.114. The maximum Gasteiger partial charge on any atom is 1.00 e. The monoisotopic (exact) mass is 687 g/mol. The van der Waals surface area contributed by atoms with Crippen molar-refractivity contribution in [3.63, 3.8) is 0 Å². The van der Waals surface area contributed by atoms with Crippen LogP contribution in [0.4, 0.5) is 87.8 Å². The maximum absolute atomic E-state index is 15.4. The third-order valence-electron chi connectivity index (χ3n) is 6.71. The molecule has 0 bridgehead atoms. The fraction of sp³-hybridized carbons (Fsp3) is 0. The Labute approximate surface area is 252 Å². The van der Waals surface area contributed by atoms with Gasteiger partial charge >= 0.3 is 1.43 Å². The standard InChI is InChI=1S/C24BF20.Li/c26-5-1(6(27)14(35)21(42)13(5)34)25(2-7(28)15(36)22(43)16(37)8(2)29,3-9(30)17(38)23(44)18(39)10(3)31)4-11(32)19(40)24(45)20(41)12(4)33;/q-1;/p+1. The van der Waals surface area contributed by atoms with Crippen LogP contribution in [0.1, 0.15) is 1.43 Å². The van der Waals surface area contributed by atoms with Crippen LogP contribution in [0.3, 0.4) is 0 Å². The molecule has 4 aromatic carbocycles. The van der Waals surface area contributed by atoms with Crippen molar-refractivity contribution in [2.75, 3.05) is 0 Å². The first-order valence-corrected chi connectivity index (χ1v) is 10.9. The average Bonchev–Trinajstić information content (AvgIpc) is 3.00. The molecule has 0 N–H and O–H groups in total. The van der Waals surface area contributed by atoms with Crippen LogP contribution in [0.2, 0.25) is 0 Å². The Balaban J connectivity index is 0.00000384. The van der Waals surface area contributed by atoms with Gasteiger partial charge in [-0.25, -0.2) is 87.8 Å². The molecule has 0 fully saturated rings. The van der Waals surface area contributed by atoms with Crippen LogP contribution in [-0.2, 0) is 0 Å². The summed E-state index contributed by atoms with van der Waals surface area (Å²) < 4.78 is 294. The molecule has 0 spiro atoms. The fourth-order valence-electron chi connectivity index (χ4n) is 4.87. The number of hydrogen-bond acceptors (Lipinski definition) is 0. The summed E-state index contributed by atoms with van der Waals surface area (Å²) in [4.78, 5) is 0. The maximum atomic E-state index is 15.4. The molecule has 46 heavy (non-hydrogen) atoms. The van der Waals surface area contributed by atoms with Gasteiger partial charge in [0.15, 0.2) is 69.8 Å². The van der Waals surface area contributed by atoms with Crippen molar-refractivity contribution in [2.45, 2.75) is 0 Å². The second kappa shape index (κ2) is 12.1. The number of halogens is 20. The molecule has 0 heterocycles. The van der Waals surface area contributed by atoms with Crippen molar-refractivity contribution in [3.8, 4) is 0 Å². The summed E-state index contributed by atoms with van der Waals surface area (Å²) in [7, 11) is 0. The first kappa shape index (κ1) is 36.6. The normalized spacial score (nSPS) is 11.7. The van der Waals surface area contributed by atoms with Gasteiger partial charge in [-0.1, -0.05) is 0 Å². The molecule has 0 atom stereocenters. The summed E-state index contributed by atoms with van der Waals surface area (Å²) >= 11 is 0. The van der Waals surface area contributed by atoms with Gasteiger partial charge in [0.25, 0.3) is 0 Å². The third-order valence-corrected chi connectivity index (χ3v) is 6.71. The number of hydrogen-bond donors (Lipinski definition) is 0. The number of rotatable bonds is 4. The zero-order valence-corrected chi connectivity index (χ0v) is 21.1. The molecular formula is C24HBF20Li. The largest absolute Gasteiger partial charge is 1.00 e. The summed E-state index contributed by atoms with van der Waals surface area (Å²) in [5, 5.41) is 0. The van der Waals surface area contributed by atoms with Gasteiger partial charge in [0.1, 0.15) is 52.7 Å². The van der Waals surface area contributed by atoms with E-state index in [0.717, 1.165) is 0 Å². The van der Waals surface area contributed by atoms with Crippen molar-refractivity contribution in [1.29, 1.82) is 0 Å². The Morgan fingerprint density at radius 1 is 0.196 bits per heavy atom. The Hall–Kier alpha value is -3.86. The minimum Gasteiger partial charge on any atom is -0.207 e. The van der Waals surface area contributed by atoms with E-state index in [4.69, 9.17) is 0 Å². The van der Waals surface area contributed by atoms with Gasteiger partial charge in [0, 0.05) is 18.9 Å². The third kappa shape index (κ3) is 4.56. The molecule has 0 saturated heterocycles. The zero-order chi connectivity index (χ0) is 34.4. The molecule has 4 aromatic rings. The van der Waals surface area contributed by atoms with Crippen LogP contribution in [0.5, 0.6) is 0 Å². The summed E-state index contributed by atoms with van der Waals surface area (Å²) in [5.74, 6) is -71.4. The second-order valence-electron chi connectivity index (χ2n) is 8.80. The van der Waals surface area contributed by atoms with Gasteiger partial charge in [0.2, 0.25) is 0 Å². The van der Waals surface area contributed by atoms with Gasteiger partial charge < -0.3 is 0 Å². The minimum absolute atomic E-state index is 0. The topological polar surface area (TPSA) is 0 Å². The van der Waals surface area contributed by atoms with E-state index >= 15 is 35.1 Å². The van der Waals surface area contributed by atoms with Crippen LogP contribution in [0.25, 0.3) is 0 Å². The van der Waals surface area contributed by atoms with Gasteiger partial charge in [-0.15, -0.1) is 21.9 Å². The molecule has 0 aliphatic rings. The molecule has 0 saturated carbocycles. The summed E-state index contributed by atoms with van der Waals surface area (Å²) in [6, 6.07) is 0. The zero-order valence-electron chi connectivity index (χ0n) is 22.1. The van der Waals surface area contributed by atoms with Crippen LogP contribution in [-0.4, -0.2) is 25.0 Å². The predicted molar refractivity (Wildman–Crippen MR) is 116 cm³/mol. The van der Waals surface area contributed by atoms with Crippen molar-refractivity contribution in [2.24, 2.45) is 0 Å². The van der Waals surface area contributed by atoms with Crippen molar-refractivity contribution in [1.82, 2.24) is 0 Å². The summed E-state index contributed by atoms with van der Waals surface area (Å²) in [6.07, 6.45) is -7.22. The Morgan fingerprint density at radius 3 is 0.391 bits per heavy atom. The van der Waals surface area contributed by atoms with E-state index in [2.05, 4.69) is 0 Å². The van der Waals surface area contributed by atoms with E-state index in [9.17, 15) is 52.7 Å². The molecule has 241 valence electrons. The molecular weight excluding hydrogens is 686 g/mol. The Morgan fingerprint density at radius 2 is 0.283 bits per heavy atom. The van der Waals surface area contributed by atoms with Gasteiger partial charge in [-0.2, -0.15) is 0 Å².